The summed E-state index contributed by atoms with van der Waals surface area (Å²) in [6.45, 7) is 0. The quantitative estimate of drug-likeness (QED) is 0.579. The van der Waals surface area contributed by atoms with Gasteiger partial charge in [-0.2, -0.15) is 0 Å². The number of anilines is 1. The van der Waals surface area contributed by atoms with E-state index >= 15 is 0 Å². The number of para-hydroxylation sites is 1. The van der Waals surface area contributed by atoms with Gasteiger partial charge in [0.05, 0.1) is 5.52 Å². The summed E-state index contributed by atoms with van der Waals surface area (Å²) in [6, 6.07) is 17.0. The summed E-state index contributed by atoms with van der Waals surface area (Å²) in [5.74, 6) is 0. The van der Waals surface area contributed by atoms with E-state index in [1.807, 2.05) is 12.1 Å². The molecule has 1 heterocycles. The van der Waals surface area contributed by atoms with Crippen LogP contribution >= 0.6 is 0 Å². The van der Waals surface area contributed by atoms with Crippen molar-refractivity contribution in [2.24, 2.45) is 0 Å². The normalized spacial score (nSPS) is 16.3. The molecule has 0 radical (unpaired) electrons. The zero-order valence-corrected chi connectivity index (χ0v) is 14.8. The molecule has 0 spiro atoms. The Morgan fingerprint density at radius 2 is 1.69 bits per heavy atom. The number of rotatable bonds is 2. The Kier molecular flexibility index (Phi) is 3.56. The monoisotopic (exact) mass is 338 g/mol. The topological polar surface area (TPSA) is 30.9 Å². The molecule has 0 saturated carbocycles. The van der Waals surface area contributed by atoms with Gasteiger partial charge in [-0.05, 0) is 72.7 Å². The van der Waals surface area contributed by atoms with Gasteiger partial charge in [-0.3, -0.25) is 0 Å². The zero-order valence-electron chi connectivity index (χ0n) is 14.8. The van der Waals surface area contributed by atoms with Gasteiger partial charge in [0.15, 0.2) is 0 Å². The Labute approximate surface area is 153 Å². The summed E-state index contributed by atoms with van der Waals surface area (Å²) in [5.41, 5.74) is 14.9. The Hall–Kier alpha value is -3.00. The minimum atomic E-state index is 0.818. The molecule has 0 fully saturated rings. The molecule has 128 valence electrons. The molecule has 0 atom stereocenters. The predicted molar refractivity (Wildman–Crippen MR) is 112 cm³/mol. The third kappa shape index (κ3) is 2.41. The van der Waals surface area contributed by atoms with E-state index in [0.717, 1.165) is 31.4 Å². The number of allylic oxidation sites excluding steroid dienone is 5. The molecular weight excluding hydrogens is 316 g/mol. The molecule has 2 N–H and O–H groups in total. The predicted octanol–water partition coefficient (Wildman–Crippen LogP) is 5.90. The molecule has 3 aromatic rings. The van der Waals surface area contributed by atoms with Crippen LogP contribution in [0.2, 0.25) is 0 Å². The number of hydrogen-bond acceptors (Lipinski definition) is 1. The molecule has 0 amide bonds. The Bertz CT molecular complexity index is 1080. The molecule has 26 heavy (non-hydrogen) atoms. The maximum absolute atomic E-state index is 5.82. The van der Waals surface area contributed by atoms with Crippen LogP contribution in [0.4, 0.5) is 5.69 Å². The highest BCUT2D eigenvalue weighted by Gasteiger charge is 2.20. The molecule has 2 nitrogen and oxygen atoms in total. The van der Waals surface area contributed by atoms with Crippen LogP contribution in [0.1, 0.15) is 36.1 Å². The number of benzene rings is 2. The number of nitrogen functional groups attached to an aromatic ring is 1. The van der Waals surface area contributed by atoms with E-state index in [2.05, 4.69) is 65.3 Å². The Morgan fingerprint density at radius 3 is 2.50 bits per heavy atom. The van der Waals surface area contributed by atoms with Crippen molar-refractivity contribution in [2.75, 3.05) is 5.73 Å². The van der Waals surface area contributed by atoms with Crippen molar-refractivity contribution in [2.45, 2.75) is 25.7 Å². The first-order chi connectivity index (χ1) is 12.8. The average molecular weight is 338 g/mol. The van der Waals surface area contributed by atoms with Gasteiger partial charge < -0.3 is 10.3 Å². The van der Waals surface area contributed by atoms with Crippen LogP contribution < -0.4 is 5.73 Å². The zero-order chi connectivity index (χ0) is 17.5. The van der Waals surface area contributed by atoms with Gasteiger partial charge in [0.1, 0.15) is 0 Å². The lowest BCUT2D eigenvalue weighted by atomic mass is 9.95. The highest BCUT2D eigenvalue weighted by atomic mass is 15.0. The van der Waals surface area contributed by atoms with Gasteiger partial charge in [-0.15, -0.1) is 0 Å². The molecule has 0 aliphatic heterocycles. The van der Waals surface area contributed by atoms with Crippen LogP contribution in [0.25, 0.3) is 28.2 Å². The number of hydrogen-bond donors (Lipinski definition) is 1. The number of fused-ring (bicyclic) bond motifs is 3. The fourth-order valence-electron chi connectivity index (χ4n) is 4.25. The highest BCUT2D eigenvalue weighted by molar-refractivity contribution is 5.92. The Morgan fingerprint density at radius 1 is 0.846 bits per heavy atom. The Balaban J connectivity index is 1.61. The summed E-state index contributed by atoms with van der Waals surface area (Å²) in [5, 5.41) is 1.40. The molecule has 2 heteroatoms. The lowest BCUT2D eigenvalue weighted by molar-refractivity contribution is 0.935. The molecule has 2 aromatic carbocycles. The van der Waals surface area contributed by atoms with Crippen LogP contribution in [-0.2, 0) is 6.42 Å². The fourth-order valence-corrected chi connectivity index (χ4v) is 4.25. The van der Waals surface area contributed by atoms with Gasteiger partial charge in [0, 0.05) is 22.5 Å². The smallest absolute Gasteiger partial charge is 0.0534 e. The highest BCUT2D eigenvalue weighted by Crippen LogP contribution is 2.37. The average Bonchev–Trinajstić information content (AvgIpc) is 3.03. The summed E-state index contributed by atoms with van der Waals surface area (Å²) in [7, 11) is 0. The van der Waals surface area contributed by atoms with E-state index in [1.165, 1.54) is 39.0 Å². The van der Waals surface area contributed by atoms with Crippen molar-refractivity contribution >= 4 is 33.9 Å². The van der Waals surface area contributed by atoms with Crippen LogP contribution in [0.15, 0.2) is 66.8 Å². The molecule has 0 bridgehead atoms. The molecule has 0 unspecified atom stereocenters. The van der Waals surface area contributed by atoms with Crippen molar-refractivity contribution in [1.82, 2.24) is 4.57 Å². The SMILES string of the molecule is Nc1ccc(C2=CC=C(n3c4c(c5ccccc53)CCC=C4)CC2)cc1. The van der Waals surface area contributed by atoms with E-state index in [-0.39, 0.29) is 0 Å². The van der Waals surface area contributed by atoms with Crippen LogP contribution in [0, 0.1) is 0 Å². The van der Waals surface area contributed by atoms with Crippen LogP contribution in [0.3, 0.4) is 0 Å². The van der Waals surface area contributed by atoms with Crippen molar-refractivity contribution in [3.05, 3.63) is 83.6 Å². The molecular formula is C24H22N2. The van der Waals surface area contributed by atoms with Crippen molar-refractivity contribution < 1.29 is 0 Å². The first-order valence-corrected chi connectivity index (χ1v) is 9.36. The fraction of sp³-hybridized carbons (Fsp3) is 0.167. The standard InChI is InChI=1S/C24H22N2/c25-19-13-9-17(10-14-19)18-11-15-20(16-12-18)26-23-7-3-1-5-21(23)22-6-2-4-8-24(22)26/h1,3-5,7-11,13-15H,2,6,12,16,25H2. The van der Waals surface area contributed by atoms with E-state index in [9.17, 15) is 0 Å². The lowest BCUT2D eigenvalue weighted by Crippen LogP contribution is -2.05. The third-order valence-corrected chi connectivity index (χ3v) is 5.55. The summed E-state index contributed by atoms with van der Waals surface area (Å²) < 4.78 is 2.47. The molecule has 2 aliphatic rings. The largest absolute Gasteiger partial charge is 0.399 e. The van der Waals surface area contributed by atoms with Gasteiger partial charge in [-0.25, -0.2) is 0 Å². The minimum absolute atomic E-state index is 0.818. The van der Waals surface area contributed by atoms with Gasteiger partial charge in [-0.1, -0.05) is 42.5 Å². The van der Waals surface area contributed by atoms with E-state index in [1.54, 1.807) is 0 Å². The van der Waals surface area contributed by atoms with Crippen molar-refractivity contribution in [3.63, 3.8) is 0 Å². The third-order valence-electron chi connectivity index (χ3n) is 5.55. The second-order valence-corrected chi connectivity index (χ2v) is 7.13. The van der Waals surface area contributed by atoms with Gasteiger partial charge in [0.25, 0.3) is 0 Å². The van der Waals surface area contributed by atoms with Crippen molar-refractivity contribution in [1.29, 1.82) is 0 Å². The van der Waals surface area contributed by atoms with Gasteiger partial charge in [0.2, 0.25) is 0 Å². The minimum Gasteiger partial charge on any atom is -0.399 e. The lowest BCUT2D eigenvalue weighted by Gasteiger charge is -2.19. The second-order valence-electron chi connectivity index (χ2n) is 7.13. The number of aromatic nitrogens is 1. The van der Waals surface area contributed by atoms with Crippen LogP contribution in [0.5, 0.6) is 0 Å². The molecule has 1 aromatic heterocycles. The first kappa shape index (κ1) is 15.3. The second kappa shape index (κ2) is 6.06. The van der Waals surface area contributed by atoms with Crippen LogP contribution in [-0.4, -0.2) is 4.57 Å². The summed E-state index contributed by atoms with van der Waals surface area (Å²) in [6.07, 6.45) is 13.6. The molecule has 2 aliphatic carbocycles. The summed E-state index contributed by atoms with van der Waals surface area (Å²) >= 11 is 0. The van der Waals surface area contributed by atoms with E-state index in [4.69, 9.17) is 5.73 Å². The summed E-state index contributed by atoms with van der Waals surface area (Å²) in [4.78, 5) is 0. The van der Waals surface area contributed by atoms with E-state index < -0.39 is 0 Å². The maximum Gasteiger partial charge on any atom is 0.0534 e. The maximum atomic E-state index is 5.82. The van der Waals surface area contributed by atoms with Gasteiger partial charge >= 0.3 is 0 Å². The number of nitrogens with zero attached hydrogens (tertiary/aromatic N) is 1. The first-order valence-electron chi connectivity index (χ1n) is 9.36. The molecule has 5 rings (SSSR count). The number of aryl methyl sites for hydroxylation is 1. The van der Waals surface area contributed by atoms with Crippen molar-refractivity contribution in [3.8, 4) is 0 Å². The molecule has 0 saturated heterocycles. The number of nitrogens with two attached hydrogens (primary N) is 1. The van der Waals surface area contributed by atoms with E-state index in [0.29, 0.717) is 0 Å².